The molecule has 4 rings (SSSR count). The number of nitrogens with zero attached hydrogens (tertiary/aromatic N) is 2. The molecule has 5 heteroatoms. The molecule has 2 N–H and O–H groups in total. The molecule has 0 aliphatic heterocycles. The minimum atomic E-state index is -0.616. The zero-order chi connectivity index (χ0) is 19.4. The summed E-state index contributed by atoms with van der Waals surface area (Å²) >= 11 is 0. The van der Waals surface area contributed by atoms with Crippen LogP contribution in [0.4, 0.5) is 11.5 Å². The largest absolute Gasteiger partial charge is 0.439 e. The average molecular weight is 375 g/mol. The molecule has 0 amide bonds. The number of hydrogen-bond donors (Lipinski definition) is 2. The van der Waals surface area contributed by atoms with E-state index < -0.39 is 5.60 Å². The van der Waals surface area contributed by atoms with Crippen LogP contribution in [0, 0.1) is 0 Å². The van der Waals surface area contributed by atoms with Crippen molar-refractivity contribution >= 4 is 11.5 Å². The minimum absolute atomic E-state index is 0.262. The van der Waals surface area contributed by atoms with E-state index in [0.717, 1.165) is 48.5 Å². The van der Waals surface area contributed by atoms with Crippen molar-refractivity contribution in [2.24, 2.45) is 0 Å². The van der Waals surface area contributed by atoms with Crippen LogP contribution in [-0.2, 0) is 0 Å². The van der Waals surface area contributed by atoms with Gasteiger partial charge in [0.1, 0.15) is 11.6 Å². The summed E-state index contributed by atoms with van der Waals surface area (Å²) < 4.78 is 6.10. The second-order valence-corrected chi connectivity index (χ2v) is 7.65. The molecule has 2 atom stereocenters. The lowest BCUT2D eigenvalue weighted by Crippen LogP contribution is -2.30. The lowest BCUT2D eigenvalue weighted by atomic mass is 9.76. The third-order valence-corrected chi connectivity index (χ3v) is 5.20. The Labute approximate surface area is 165 Å². The lowest BCUT2D eigenvalue weighted by molar-refractivity contribution is 0.0142. The molecule has 2 heterocycles. The highest BCUT2D eigenvalue weighted by Crippen LogP contribution is 2.41. The van der Waals surface area contributed by atoms with Crippen molar-refractivity contribution in [2.45, 2.75) is 44.1 Å². The number of nitrogens with one attached hydrogen (secondary N) is 1. The number of benzene rings is 1. The van der Waals surface area contributed by atoms with Crippen LogP contribution in [-0.4, -0.2) is 20.7 Å². The van der Waals surface area contributed by atoms with Crippen LogP contribution in [0.15, 0.2) is 67.0 Å². The molecule has 0 radical (unpaired) electrons. The van der Waals surface area contributed by atoms with Crippen LogP contribution in [0.25, 0.3) is 0 Å². The molecule has 1 aliphatic carbocycles. The van der Waals surface area contributed by atoms with E-state index in [1.165, 1.54) is 0 Å². The van der Waals surface area contributed by atoms with Crippen LogP contribution in [0.2, 0.25) is 0 Å². The predicted molar refractivity (Wildman–Crippen MR) is 110 cm³/mol. The standard InChI is InChI=1S/C23H25N3O2/c1-23(27)13-4-6-17(16-23)20-7-5-15-25-22(20)28-19-11-9-18(10-12-19)26-21-8-2-3-14-24-21/h2-3,5,7-12,14-15,17,27H,4,6,13,16H2,1H3,(H,24,26)/t17?,23-/m0/s1. The van der Waals surface area contributed by atoms with Crippen molar-refractivity contribution in [3.05, 3.63) is 72.6 Å². The van der Waals surface area contributed by atoms with Gasteiger partial charge in [-0.05, 0) is 81.0 Å². The Morgan fingerprint density at radius 2 is 1.86 bits per heavy atom. The number of pyridine rings is 2. The number of hydrogen-bond acceptors (Lipinski definition) is 5. The zero-order valence-corrected chi connectivity index (χ0v) is 16.0. The van der Waals surface area contributed by atoms with Crippen LogP contribution in [0.3, 0.4) is 0 Å². The Morgan fingerprint density at radius 1 is 1.04 bits per heavy atom. The SMILES string of the molecule is C[C@]1(O)CCCC(c2cccnc2Oc2ccc(Nc3ccccn3)cc2)C1. The van der Waals surface area contributed by atoms with Crippen molar-refractivity contribution < 1.29 is 9.84 Å². The summed E-state index contributed by atoms with van der Waals surface area (Å²) in [6.45, 7) is 1.92. The van der Waals surface area contributed by atoms with E-state index in [9.17, 15) is 5.11 Å². The normalized spacial score (nSPS) is 21.9. The van der Waals surface area contributed by atoms with Crippen LogP contribution < -0.4 is 10.1 Å². The van der Waals surface area contributed by atoms with Gasteiger partial charge in [0.25, 0.3) is 0 Å². The van der Waals surface area contributed by atoms with Crippen molar-refractivity contribution in [3.63, 3.8) is 0 Å². The third-order valence-electron chi connectivity index (χ3n) is 5.20. The van der Waals surface area contributed by atoms with E-state index in [-0.39, 0.29) is 5.92 Å². The van der Waals surface area contributed by atoms with Gasteiger partial charge < -0.3 is 15.2 Å². The van der Waals surface area contributed by atoms with Gasteiger partial charge >= 0.3 is 0 Å². The second-order valence-electron chi connectivity index (χ2n) is 7.65. The molecule has 28 heavy (non-hydrogen) atoms. The highest BCUT2D eigenvalue weighted by Gasteiger charge is 2.32. The number of aromatic nitrogens is 2. The Hall–Kier alpha value is -2.92. The summed E-state index contributed by atoms with van der Waals surface area (Å²) in [6, 6.07) is 17.5. The number of anilines is 2. The molecule has 1 saturated carbocycles. The van der Waals surface area contributed by atoms with Crippen molar-refractivity contribution in [1.29, 1.82) is 0 Å². The molecule has 0 bridgehead atoms. The molecule has 1 fully saturated rings. The molecule has 0 spiro atoms. The van der Waals surface area contributed by atoms with Crippen LogP contribution >= 0.6 is 0 Å². The van der Waals surface area contributed by atoms with Gasteiger partial charge in [-0.25, -0.2) is 9.97 Å². The van der Waals surface area contributed by atoms with Gasteiger partial charge in [-0.3, -0.25) is 0 Å². The molecule has 3 aromatic rings. The fraction of sp³-hybridized carbons (Fsp3) is 0.304. The number of rotatable bonds is 5. The van der Waals surface area contributed by atoms with E-state index in [1.807, 2.05) is 55.5 Å². The van der Waals surface area contributed by atoms with E-state index in [4.69, 9.17) is 4.74 Å². The summed E-state index contributed by atoms with van der Waals surface area (Å²) in [6.07, 6.45) is 7.15. The lowest BCUT2D eigenvalue weighted by Gasteiger charge is -2.34. The molecule has 2 aromatic heterocycles. The number of ether oxygens (including phenoxy) is 1. The molecule has 1 unspecified atom stereocenters. The maximum absolute atomic E-state index is 10.5. The molecular formula is C23H25N3O2. The van der Waals surface area contributed by atoms with Gasteiger partial charge in [0, 0.05) is 23.6 Å². The van der Waals surface area contributed by atoms with E-state index in [2.05, 4.69) is 21.4 Å². The van der Waals surface area contributed by atoms with Gasteiger partial charge in [0.2, 0.25) is 5.88 Å². The van der Waals surface area contributed by atoms with Gasteiger partial charge in [0.05, 0.1) is 5.60 Å². The van der Waals surface area contributed by atoms with E-state index >= 15 is 0 Å². The summed E-state index contributed by atoms with van der Waals surface area (Å²) in [7, 11) is 0. The van der Waals surface area contributed by atoms with E-state index in [0.29, 0.717) is 5.88 Å². The Balaban J connectivity index is 1.49. The van der Waals surface area contributed by atoms with Gasteiger partial charge in [-0.1, -0.05) is 12.1 Å². The molecule has 1 aromatic carbocycles. The summed E-state index contributed by atoms with van der Waals surface area (Å²) in [5, 5.41) is 13.7. The summed E-state index contributed by atoms with van der Waals surface area (Å²) in [5.41, 5.74) is 1.39. The Morgan fingerprint density at radius 3 is 2.61 bits per heavy atom. The van der Waals surface area contributed by atoms with Crippen molar-refractivity contribution in [3.8, 4) is 11.6 Å². The summed E-state index contributed by atoms with van der Waals surface area (Å²) in [5.74, 6) is 2.41. The van der Waals surface area contributed by atoms with Gasteiger partial charge in [0.15, 0.2) is 0 Å². The van der Waals surface area contributed by atoms with Gasteiger partial charge in [-0.2, -0.15) is 0 Å². The summed E-state index contributed by atoms with van der Waals surface area (Å²) in [4.78, 5) is 8.72. The van der Waals surface area contributed by atoms with Crippen molar-refractivity contribution in [1.82, 2.24) is 9.97 Å². The Bertz CT molecular complexity index is 911. The quantitative estimate of drug-likeness (QED) is 0.623. The van der Waals surface area contributed by atoms with E-state index in [1.54, 1.807) is 12.4 Å². The molecule has 1 aliphatic rings. The smallest absolute Gasteiger partial charge is 0.222 e. The van der Waals surface area contributed by atoms with Gasteiger partial charge in [-0.15, -0.1) is 0 Å². The zero-order valence-electron chi connectivity index (χ0n) is 16.0. The highest BCUT2D eigenvalue weighted by molar-refractivity contribution is 5.57. The fourth-order valence-electron chi connectivity index (χ4n) is 3.83. The monoisotopic (exact) mass is 375 g/mol. The minimum Gasteiger partial charge on any atom is -0.439 e. The average Bonchev–Trinajstić information content (AvgIpc) is 2.70. The second kappa shape index (κ2) is 7.98. The highest BCUT2D eigenvalue weighted by atomic mass is 16.5. The van der Waals surface area contributed by atoms with Crippen molar-refractivity contribution in [2.75, 3.05) is 5.32 Å². The first kappa shape index (κ1) is 18.4. The molecule has 5 nitrogen and oxygen atoms in total. The first-order valence-corrected chi connectivity index (χ1v) is 9.72. The maximum Gasteiger partial charge on any atom is 0.222 e. The molecular weight excluding hydrogens is 350 g/mol. The number of aliphatic hydroxyl groups is 1. The third kappa shape index (κ3) is 4.49. The molecule has 144 valence electrons. The maximum atomic E-state index is 10.5. The molecule has 0 saturated heterocycles. The first-order chi connectivity index (χ1) is 13.6. The Kier molecular flexibility index (Phi) is 5.26. The van der Waals surface area contributed by atoms with Crippen LogP contribution in [0.5, 0.6) is 11.6 Å². The fourth-order valence-corrected chi connectivity index (χ4v) is 3.83. The first-order valence-electron chi connectivity index (χ1n) is 9.72. The predicted octanol–water partition coefficient (Wildman–Crippen LogP) is 5.42. The van der Waals surface area contributed by atoms with Crippen LogP contribution in [0.1, 0.15) is 44.1 Å². The topological polar surface area (TPSA) is 67.3 Å².